The van der Waals surface area contributed by atoms with Gasteiger partial charge in [0.15, 0.2) is 5.82 Å². The van der Waals surface area contributed by atoms with E-state index in [1.54, 1.807) is 7.11 Å². The molecule has 2 N–H and O–H groups in total. The van der Waals surface area contributed by atoms with Gasteiger partial charge >= 0.3 is 0 Å². The Morgan fingerprint density at radius 1 is 1.22 bits per heavy atom. The molecule has 0 unspecified atom stereocenters. The van der Waals surface area contributed by atoms with Crippen LogP contribution in [0.25, 0.3) is 11.4 Å². The fraction of sp³-hybridized carbons (Fsp3) is 0.500. The zero-order valence-corrected chi connectivity index (χ0v) is 14.7. The molecule has 23 heavy (non-hydrogen) atoms. The molecule has 126 valence electrons. The van der Waals surface area contributed by atoms with Crippen molar-refractivity contribution >= 4 is 11.8 Å². The molecule has 2 aromatic rings. The lowest BCUT2D eigenvalue weighted by Gasteiger charge is -2.08. The summed E-state index contributed by atoms with van der Waals surface area (Å²) in [7, 11) is 1.63. The van der Waals surface area contributed by atoms with E-state index < -0.39 is 0 Å². The van der Waals surface area contributed by atoms with Gasteiger partial charge in [-0.25, -0.2) is 4.68 Å². The maximum absolute atomic E-state index is 6.11. The first-order valence-electron chi connectivity index (χ1n) is 7.68. The summed E-state index contributed by atoms with van der Waals surface area (Å²) in [6.45, 7) is 5.84. The summed E-state index contributed by atoms with van der Waals surface area (Å²) in [6.07, 6.45) is 1.08. The summed E-state index contributed by atoms with van der Waals surface area (Å²) in [5.74, 6) is 8.88. The van der Waals surface area contributed by atoms with Crippen molar-refractivity contribution in [3.05, 3.63) is 24.3 Å². The first kappa shape index (κ1) is 17.6. The smallest absolute Gasteiger partial charge is 0.210 e. The van der Waals surface area contributed by atoms with Gasteiger partial charge in [0.2, 0.25) is 5.16 Å². The lowest BCUT2D eigenvalue weighted by molar-refractivity contribution is 0.138. The normalized spacial score (nSPS) is 11.1. The van der Waals surface area contributed by atoms with Crippen LogP contribution in [-0.2, 0) is 4.74 Å². The van der Waals surface area contributed by atoms with Gasteiger partial charge < -0.3 is 15.3 Å². The number of nitrogens with zero attached hydrogens (tertiary/aromatic N) is 3. The molecule has 0 saturated heterocycles. The first-order valence-corrected chi connectivity index (χ1v) is 8.66. The minimum absolute atomic E-state index is 0.589. The van der Waals surface area contributed by atoms with Crippen LogP contribution in [0.1, 0.15) is 20.3 Å². The Balaban J connectivity index is 1.92. The van der Waals surface area contributed by atoms with E-state index in [1.165, 1.54) is 16.4 Å². The zero-order valence-electron chi connectivity index (χ0n) is 13.9. The molecule has 2 rings (SSSR count). The number of hydrogen-bond donors (Lipinski definition) is 1. The van der Waals surface area contributed by atoms with Crippen molar-refractivity contribution < 1.29 is 9.47 Å². The van der Waals surface area contributed by atoms with E-state index in [9.17, 15) is 0 Å². The Morgan fingerprint density at radius 2 is 2.00 bits per heavy atom. The van der Waals surface area contributed by atoms with Gasteiger partial charge in [-0.1, -0.05) is 37.7 Å². The molecule has 7 heteroatoms. The largest absolute Gasteiger partial charge is 0.496 e. The fourth-order valence-corrected chi connectivity index (χ4v) is 2.71. The molecule has 0 saturated carbocycles. The number of ether oxygens (including phenoxy) is 2. The maximum atomic E-state index is 6.11. The van der Waals surface area contributed by atoms with Crippen LogP contribution in [0, 0.1) is 5.92 Å². The van der Waals surface area contributed by atoms with Gasteiger partial charge in [0.1, 0.15) is 5.75 Å². The SMILES string of the molecule is COc1ccccc1-c1nnc(SCCOCCC(C)C)n1N. The van der Waals surface area contributed by atoms with Gasteiger partial charge in [-0.15, -0.1) is 10.2 Å². The van der Waals surface area contributed by atoms with Crippen LogP contribution in [0.3, 0.4) is 0 Å². The van der Waals surface area contributed by atoms with Gasteiger partial charge in [0.05, 0.1) is 19.3 Å². The Morgan fingerprint density at radius 3 is 2.74 bits per heavy atom. The number of aromatic nitrogens is 3. The summed E-state index contributed by atoms with van der Waals surface area (Å²) in [4.78, 5) is 0. The van der Waals surface area contributed by atoms with Crippen LogP contribution in [-0.4, -0.2) is 40.9 Å². The summed E-state index contributed by atoms with van der Waals surface area (Å²) in [5, 5.41) is 9.00. The summed E-state index contributed by atoms with van der Waals surface area (Å²) in [6, 6.07) is 7.61. The van der Waals surface area contributed by atoms with E-state index in [0.29, 0.717) is 23.5 Å². The van der Waals surface area contributed by atoms with Crippen LogP contribution in [0.5, 0.6) is 5.75 Å². The van der Waals surface area contributed by atoms with Gasteiger partial charge in [-0.05, 0) is 24.5 Å². The molecule has 0 bridgehead atoms. The highest BCUT2D eigenvalue weighted by atomic mass is 32.2. The zero-order chi connectivity index (χ0) is 16.7. The number of methoxy groups -OCH3 is 1. The van der Waals surface area contributed by atoms with Crippen molar-refractivity contribution in [2.75, 3.05) is 31.9 Å². The topological polar surface area (TPSA) is 75.2 Å². The third kappa shape index (κ3) is 4.87. The second kappa shape index (κ2) is 8.79. The molecule has 0 atom stereocenters. The first-order chi connectivity index (χ1) is 11.1. The van der Waals surface area contributed by atoms with Crippen molar-refractivity contribution in [2.45, 2.75) is 25.4 Å². The van der Waals surface area contributed by atoms with Gasteiger partial charge in [0.25, 0.3) is 0 Å². The number of rotatable bonds is 9. The number of hydrogen-bond acceptors (Lipinski definition) is 6. The average molecular weight is 336 g/mol. The standard InChI is InChI=1S/C16H24N4O2S/c1-12(2)8-9-22-10-11-23-16-19-18-15(20(16)17)13-6-4-5-7-14(13)21-3/h4-7,12H,8-11,17H2,1-3H3. The molecular formula is C16H24N4O2S. The Bertz CT molecular complexity index is 616. The Labute approximate surface area is 141 Å². The van der Waals surface area contributed by atoms with E-state index in [2.05, 4.69) is 24.0 Å². The molecule has 0 amide bonds. The minimum atomic E-state index is 0.589. The monoisotopic (exact) mass is 336 g/mol. The minimum Gasteiger partial charge on any atom is -0.496 e. The number of nitrogen functional groups attached to an aromatic ring is 1. The summed E-state index contributed by atoms with van der Waals surface area (Å²) in [5.41, 5.74) is 0.824. The average Bonchev–Trinajstić information content (AvgIpc) is 2.91. The molecule has 1 heterocycles. The molecule has 1 aromatic carbocycles. The molecule has 0 radical (unpaired) electrons. The molecule has 0 aliphatic rings. The second-order valence-corrected chi connectivity index (χ2v) is 6.58. The molecular weight excluding hydrogens is 312 g/mol. The van der Waals surface area contributed by atoms with E-state index in [-0.39, 0.29) is 0 Å². The Kier molecular flexibility index (Phi) is 6.73. The fourth-order valence-electron chi connectivity index (χ4n) is 2.00. The lowest BCUT2D eigenvalue weighted by atomic mass is 10.1. The number of thioether (sulfide) groups is 1. The number of para-hydroxylation sites is 1. The second-order valence-electron chi connectivity index (χ2n) is 5.52. The molecule has 0 aliphatic heterocycles. The highest BCUT2D eigenvalue weighted by molar-refractivity contribution is 7.99. The highest BCUT2D eigenvalue weighted by Gasteiger charge is 2.15. The van der Waals surface area contributed by atoms with Crippen molar-refractivity contribution in [1.29, 1.82) is 0 Å². The van der Waals surface area contributed by atoms with Crippen LogP contribution >= 0.6 is 11.8 Å². The van der Waals surface area contributed by atoms with E-state index in [4.69, 9.17) is 15.3 Å². The Hall–Kier alpha value is -1.73. The summed E-state index contributed by atoms with van der Waals surface area (Å²) < 4.78 is 12.4. The lowest BCUT2D eigenvalue weighted by Crippen LogP contribution is -2.12. The van der Waals surface area contributed by atoms with Crippen molar-refractivity contribution in [1.82, 2.24) is 14.9 Å². The van der Waals surface area contributed by atoms with Crippen molar-refractivity contribution in [3.8, 4) is 17.1 Å². The molecule has 0 spiro atoms. The van der Waals surface area contributed by atoms with Crippen LogP contribution in [0.2, 0.25) is 0 Å². The predicted octanol–water partition coefficient (Wildman–Crippen LogP) is 2.82. The molecule has 0 aliphatic carbocycles. The van der Waals surface area contributed by atoms with E-state index in [1.807, 2.05) is 24.3 Å². The van der Waals surface area contributed by atoms with E-state index in [0.717, 1.165) is 30.1 Å². The van der Waals surface area contributed by atoms with Crippen LogP contribution < -0.4 is 10.6 Å². The van der Waals surface area contributed by atoms with Gasteiger partial charge in [-0.2, -0.15) is 0 Å². The van der Waals surface area contributed by atoms with Crippen LogP contribution in [0.15, 0.2) is 29.4 Å². The van der Waals surface area contributed by atoms with Gasteiger partial charge in [-0.3, -0.25) is 0 Å². The number of nitrogens with two attached hydrogens (primary N) is 1. The highest BCUT2D eigenvalue weighted by Crippen LogP contribution is 2.29. The molecule has 1 aromatic heterocycles. The van der Waals surface area contributed by atoms with Gasteiger partial charge in [0, 0.05) is 12.4 Å². The molecule has 6 nitrogen and oxygen atoms in total. The third-order valence-corrected chi connectivity index (χ3v) is 4.22. The summed E-state index contributed by atoms with van der Waals surface area (Å²) >= 11 is 1.53. The van der Waals surface area contributed by atoms with Crippen molar-refractivity contribution in [3.63, 3.8) is 0 Å². The number of benzene rings is 1. The third-order valence-electron chi connectivity index (χ3n) is 3.31. The maximum Gasteiger partial charge on any atom is 0.210 e. The van der Waals surface area contributed by atoms with E-state index >= 15 is 0 Å². The quantitative estimate of drug-likeness (QED) is 0.431. The van der Waals surface area contributed by atoms with Crippen LogP contribution in [0.4, 0.5) is 0 Å². The predicted molar refractivity (Wildman–Crippen MR) is 93.2 cm³/mol. The van der Waals surface area contributed by atoms with Crippen molar-refractivity contribution in [2.24, 2.45) is 5.92 Å². The molecule has 0 fully saturated rings.